The van der Waals surface area contributed by atoms with Crippen molar-refractivity contribution in [3.8, 4) is 11.4 Å². The van der Waals surface area contributed by atoms with Gasteiger partial charge in [-0.05, 0) is 56.3 Å². The Hall–Kier alpha value is -1.70. The smallest absolute Gasteiger partial charge is 0.227 e. The largest absolute Gasteiger partial charge is 0.330 e. The van der Waals surface area contributed by atoms with Crippen LogP contribution in [0, 0.1) is 17.7 Å². The molecule has 2 heterocycles. The van der Waals surface area contributed by atoms with Crippen molar-refractivity contribution in [2.75, 3.05) is 11.9 Å². The van der Waals surface area contributed by atoms with Crippen molar-refractivity contribution >= 4 is 36.4 Å². The van der Waals surface area contributed by atoms with E-state index in [0.29, 0.717) is 23.6 Å². The topological polar surface area (TPSA) is 85.8 Å². The minimum Gasteiger partial charge on any atom is -0.330 e. The molecule has 0 radical (unpaired) electrons. The lowest BCUT2D eigenvalue weighted by Crippen LogP contribution is -2.29. The van der Waals surface area contributed by atoms with Crippen LogP contribution in [0.2, 0.25) is 0 Å². The Bertz CT molecular complexity index is 844. The molecular formula is C20H28Cl2FN5O. The fourth-order valence-corrected chi connectivity index (χ4v) is 4.36. The predicted molar refractivity (Wildman–Crippen MR) is 116 cm³/mol. The Morgan fingerprint density at radius 2 is 2.00 bits per heavy atom. The molecule has 1 aromatic carbocycles. The molecule has 4 rings (SSSR count). The summed E-state index contributed by atoms with van der Waals surface area (Å²) >= 11 is 0. The van der Waals surface area contributed by atoms with Crippen molar-refractivity contribution in [1.82, 2.24) is 14.8 Å². The highest BCUT2D eigenvalue weighted by molar-refractivity contribution is 5.93. The number of carbonyl (C=O) groups excluding carboxylic acids is 1. The van der Waals surface area contributed by atoms with Crippen LogP contribution in [0.1, 0.15) is 44.3 Å². The zero-order valence-electron chi connectivity index (χ0n) is 16.3. The zero-order valence-corrected chi connectivity index (χ0v) is 17.9. The second kappa shape index (κ2) is 10.4. The average molecular weight is 444 g/mol. The third-order valence-corrected chi connectivity index (χ3v) is 5.88. The fraction of sp³-hybridized carbons (Fsp3) is 0.550. The summed E-state index contributed by atoms with van der Waals surface area (Å²) in [4.78, 5) is 12.7. The number of nitrogens with two attached hydrogens (primary N) is 1. The third-order valence-electron chi connectivity index (χ3n) is 5.88. The second-order valence-corrected chi connectivity index (χ2v) is 7.62. The summed E-state index contributed by atoms with van der Waals surface area (Å²) < 4.78 is 16.6. The van der Waals surface area contributed by atoms with Gasteiger partial charge in [-0.25, -0.2) is 4.39 Å². The molecule has 0 saturated heterocycles. The lowest BCUT2D eigenvalue weighted by Gasteiger charge is -2.18. The van der Waals surface area contributed by atoms with Crippen molar-refractivity contribution in [1.29, 1.82) is 0 Å². The molecule has 9 heteroatoms. The first-order valence-electron chi connectivity index (χ1n) is 9.90. The maximum atomic E-state index is 14.5. The molecule has 160 valence electrons. The molecule has 1 saturated carbocycles. The number of amides is 1. The second-order valence-electron chi connectivity index (χ2n) is 7.62. The molecule has 1 aliphatic carbocycles. The zero-order chi connectivity index (χ0) is 18.8. The Morgan fingerprint density at radius 1 is 1.17 bits per heavy atom. The van der Waals surface area contributed by atoms with Gasteiger partial charge < -0.3 is 15.6 Å². The highest BCUT2D eigenvalue weighted by Gasteiger charge is 2.32. The van der Waals surface area contributed by atoms with Gasteiger partial charge in [0.2, 0.25) is 5.91 Å². The number of fused-ring (bicyclic) bond motifs is 1. The van der Waals surface area contributed by atoms with Crippen molar-refractivity contribution in [3.63, 3.8) is 0 Å². The van der Waals surface area contributed by atoms with Gasteiger partial charge in [0.25, 0.3) is 0 Å². The van der Waals surface area contributed by atoms with Crippen molar-refractivity contribution in [3.05, 3.63) is 29.8 Å². The Morgan fingerprint density at radius 3 is 2.79 bits per heavy atom. The monoisotopic (exact) mass is 443 g/mol. The summed E-state index contributed by atoms with van der Waals surface area (Å²) in [5, 5.41) is 11.4. The van der Waals surface area contributed by atoms with Crippen LogP contribution in [0.15, 0.2) is 18.2 Å². The lowest BCUT2D eigenvalue weighted by atomic mass is 9.95. The number of carbonyl (C=O) groups is 1. The number of nitrogens with one attached hydrogen (secondary N) is 1. The van der Waals surface area contributed by atoms with Crippen LogP contribution >= 0.6 is 24.8 Å². The molecule has 0 spiro atoms. The van der Waals surface area contributed by atoms with E-state index >= 15 is 0 Å². The molecule has 0 unspecified atom stereocenters. The molecule has 6 nitrogen and oxygen atoms in total. The van der Waals surface area contributed by atoms with Gasteiger partial charge in [-0.1, -0.05) is 12.8 Å². The molecule has 2 aliphatic rings. The number of nitrogens with zero attached hydrogens (tertiary/aromatic N) is 3. The molecule has 3 N–H and O–H groups in total. The number of aryl methyl sites for hydroxylation is 1. The summed E-state index contributed by atoms with van der Waals surface area (Å²) in [5.74, 6) is 1.24. The normalized spacial score (nSPS) is 20.8. The molecule has 1 aliphatic heterocycles. The molecule has 2 atom stereocenters. The third kappa shape index (κ3) is 4.90. The lowest BCUT2D eigenvalue weighted by molar-refractivity contribution is -0.120. The number of rotatable bonds is 4. The van der Waals surface area contributed by atoms with E-state index in [1.165, 1.54) is 6.07 Å². The number of benzene rings is 1. The number of halogens is 3. The fourth-order valence-electron chi connectivity index (χ4n) is 4.36. The van der Waals surface area contributed by atoms with Gasteiger partial charge in [-0.15, -0.1) is 35.0 Å². The summed E-state index contributed by atoms with van der Waals surface area (Å²) in [6.45, 7) is 1.33. The van der Waals surface area contributed by atoms with Gasteiger partial charge in [0, 0.05) is 24.6 Å². The van der Waals surface area contributed by atoms with Crippen molar-refractivity contribution < 1.29 is 9.18 Å². The molecule has 1 amide bonds. The summed E-state index contributed by atoms with van der Waals surface area (Å²) in [7, 11) is 0. The van der Waals surface area contributed by atoms with E-state index < -0.39 is 0 Å². The first-order valence-corrected chi connectivity index (χ1v) is 9.90. The van der Waals surface area contributed by atoms with Crippen LogP contribution in [0.4, 0.5) is 10.1 Å². The van der Waals surface area contributed by atoms with Crippen molar-refractivity contribution in [2.24, 2.45) is 17.6 Å². The standard InChI is InChI=1S/C20H26FN5O.2ClH/c21-17-9-8-14(23-20(27)15-6-4-5-13(15)12-22)11-16(17)19-25-24-18-7-2-1-3-10-26(18)19;;/h8-9,11,13,15H,1-7,10,12,22H2,(H,23,27);2*1H/t13-,15-;;/m1../s1. The van der Waals surface area contributed by atoms with Crippen LogP contribution in [-0.2, 0) is 17.8 Å². The van der Waals surface area contributed by atoms with Gasteiger partial charge in [0.1, 0.15) is 11.6 Å². The van der Waals surface area contributed by atoms with Crippen LogP contribution in [0.25, 0.3) is 11.4 Å². The predicted octanol–water partition coefficient (Wildman–Crippen LogP) is 3.97. The number of anilines is 1. The van der Waals surface area contributed by atoms with E-state index in [0.717, 1.165) is 57.3 Å². The number of hydrogen-bond acceptors (Lipinski definition) is 4. The van der Waals surface area contributed by atoms with Gasteiger partial charge in [-0.2, -0.15) is 0 Å². The van der Waals surface area contributed by atoms with Crippen LogP contribution in [0.5, 0.6) is 0 Å². The van der Waals surface area contributed by atoms with Gasteiger partial charge >= 0.3 is 0 Å². The highest BCUT2D eigenvalue weighted by atomic mass is 35.5. The molecule has 0 bridgehead atoms. The van der Waals surface area contributed by atoms with Crippen LogP contribution in [0.3, 0.4) is 0 Å². The van der Waals surface area contributed by atoms with Crippen molar-refractivity contribution in [2.45, 2.75) is 51.5 Å². The van der Waals surface area contributed by atoms with E-state index in [9.17, 15) is 9.18 Å². The Labute approximate surface area is 182 Å². The van der Waals surface area contributed by atoms with Gasteiger partial charge in [0.15, 0.2) is 5.82 Å². The molecule has 2 aromatic rings. The highest BCUT2D eigenvalue weighted by Crippen LogP contribution is 2.33. The summed E-state index contributed by atoms with van der Waals surface area (Å²) in [5.41, 5.74) is 6.77. The minimum atomic E-state index is -0.354. The average Bonchev–Trinajstić information content (AvgIpc) is 3.24. The van der Waals surface area contributed by atoms with E-state index in [-0.39, 0.29) is 48.4 Å². The molecular weight excluding hydrogens is 416 g/mol. The molecule has 1 fully saturated rings. The number of hydrogen-bond donors (Lipinski definition) is 2. The Kier molecular flexibility index (Phi) is 8.43. The quantitative estimate of drug-likeness (QED) is 0.748. The van der Waals surface area contributed by atoms with Crippen LogP contribution in [-0.4, -0.2) is 27.2 Å². The number of aromatic nitrogens is 3. The van der Waals surface area contributed by atoms with E-state index in [2.05, 4.69) is 15.5 Å². The Balaban J connectivity index is 0.00000150. The molecule has 29 heavy (non-hydrogen) atoms. The maximum absolute atomic E-state index is 14.5. The molecule has 1 aromatic heterocycles. The van der Waals surface area contributed by atoms with Gasteiger partial charge in [-0.3, -0.25) is 4.79 Å². The summed E-state index contributed by atoms with van der Waals surface area (Å²) in [6, 6.07) is 4.66. The minimum absolute atomic E-state index is 0. The summed E-state index contributed by atoms with van der Waals surface area (Å²) in [6.07, 6.45) is 7.02. The van der Waals surface area contributed by atoms with Gasteiger partial charge in [0.05, 0.1) is 5.56 Å². The maximum Gasteiger partial charge on any atom is 0.227 e. The SMILES string of the molecule is Cl.Cl.NC[C@H]1CCC[C@H]1C(=O)Nc1ccc(F)c(-c2nnc3n2CCCCC3)c1. The first kappa shape index (κ1) is 23.6. The van der Waals surface area contributed by atoms with E-state index in [1.807, 2.05) is 4.57 Å². The van der Waals surface area contributed by atoms with Crippen LogP contribution < -0.4 is 11.1 Å². The first-order chi connectivity index (χ1) is 13.2. The van der Waals surface area contributed by atoms with E-state index in [1.54, 1.807) is 12.1 Å². The van der Waals surface area contributed by atoms with E-state index in [4.69, 9.17) is 5.73 Å².